The van der Waals surface area contributed by atoms with Crippen LogP contribution in [-0.4, -0.2) is 88.7 Å². The lowest BCUT2D eigenvalue weighted by atomic mass is 9.99. The van der Waals surface area contributed by atoms with E-state index in [1.807, 2.05) is 6.07 Å². The van der Waals surface area contributed by atoms with Gasteiger partial charge in [-0.25, -0.2) is 18.2 Å². The second-order valence-electron chi connectivity index (χ2n) is 11.5. The molecule has 2 aliphatic heterocycles. The van der Waals surface area contributed by atoms with Gasteiger partial charge in [0.15, 0.2) is 11.6 Å². The van der Waals surface area contributed by atoms with Crippen LogP contribution >= 0.6 is 11.6 Å². The molecule has 0 bridgehead atoms. The number of carbonyl (C=O) groups is 1. The molecule has 4 heterocycles. The van der Waals surface area contributed by atoms with Crippen LogP contribution in [-0.2, 0) is 11.0 Å². The molecule has 2 saturated heterocycles. The Kier molecular flexibility index (Phi) is 9.43. The van der Waals surface area contributed by atoms with Gasteiger partial charge in [-0.1, -0.05) is 18.2 Å². The van der Waals surface area contributed by atoms with Crippen LogP contribution in [0.15, 0.2) is 24.5 Å². The predicted molar refractivity (Wildman–Crippen MR) is 162 cm³/mol. The summed E-state index contributed by atoms with van der Waals surface area (Å²) < 4.78 is 92.8. The molecule has 1 aromatic carbocycles. The van der Waals surface area contributed by atoms with Crippen LogP contribution in [0.1, 0.15) is 24.0 Å². The molecular formula is C30H29ClF6N8O2. The average molecular weight is 683 g/mol. The average Bonchev–Trinajstić information content (AvgIpc) is 3.30. The molecular weight excluding hydrogens is 654 g/mol. The molecule has 5 rings (SSSR count). The van der Waals surface area contributed by atoms with Gasteiger partial charge in [0.2, 0.25) is 0 Å². The predicted octanol–water partition coefficient (Wildman–Crippen LogP) is 5.23. The van der Waals surface area contributed by atoms with Crippen molar-refractivity contribution in [1.82, 2.24) is 24.8 Å². The number of nitrogens with two attached hydrogens (primary N) is 1. The number of fused-ring (bicyclic) bond motifs is 1. The number of likely N-dealkylation sites (tertiary alicyclic amines) is 1. The summed E-state index contributed by atoms with van der Waals surface area (Å²) >= 11 is 6.49. The van der Waals surface area contributed by atoms with Gasteiger partial charge in [0, 0.05) is 37.6 Å². The highest BCUT2D eigenvalue weighted by atomic mass is 35.5. The van der Waals surface area contributed by atoms with E-state index in [-0.39, 0.29) is 80.3 Å². The molecule has 2 aromatic heterocycles. The molecule has 0 radical (unpaired) electrons. The number of ether oxygens (including phenoxy) is 1. The van der Waals surface area contributed by atoms with E-state index in [1.54, 1.807) is 16.8 Å². The van der Waals surface area contributed by atoms with E-state index in [0.717, 1.165) is 17.9 Å². The van der Waals surface area contributed by atoms with E-state index >= 15 is 4.39 Å². The molecule has 10 nitrogen and oxygen atoms in total. The van der Waals surface area contributed by atoms with Gasteiger partial charge in [-0.2, -0.15) is 28.4 Å². The first-order valence-corrected chi connectivity index (χ1v) is 14.8. The number of aromatic nitrogens is 3. The molecule has 17 heteroatoms. The van der Waals surface area contributed by atoms with Crippen molar-refractivity contribution in [1.29, 1.82) is 5.26 Å². The molecule has 2 aliphatic rings. The molecule has 0 aliphatic carbocycles. The van der Waals surface area contributed by atoms with Crippen LogP contribution in [0.25, 0.3) is 22.2 Å². The summed E-state index contributed by atoms with van der Waals surface area (Å²) in [6.45, 7) is 4.18. The maximum absolute atomic E-state index is 16.6. The summed E-state index contributed by atoms with van der Waals surface area (Å²) in [4.78, 5) is 29.4. The van der Waals surface area contributed by atoms with E-state index in [9.17, 15) is 32.0 Å². The number of anilines is 2. The number of nitrogens with zero attached hydrogens (tertiary/aromatic N) is 7. The van der Waals surface area contributed by atoms with Crippen LogP contribution in [0.2, 0.25) is 5.02 Å². The number of hydrogen-bond donors (Lipinski definition) is 1. The zero-order valence-corrected chi connectivity index (χ0v) is 26.0. The number of likely N-dealkylation sites (N-methyl/N-ethyl adjacent to an activating group) is 1. The second kappa shape index (κ2) is 13.0. The Morgan fingerprint density at radius 3 is 2.55 bits per heavy atom. The van der Waals surface area contributed by atoms with Gasteiger partial charge in [0.25, 0.3) is 5.91 Å². The Morgan fingerprint density at radius 1 is 1.21 bits per heavy atom. The van der Waals surface area contributed by atoms with E-state index in [1.165, 1.54) is 6.07 Å². The highest BCUT2D eigenvalue weighted by Crippen LogP contribution is 2.44. The number of nitrogen functional groups attached to an aromatic ring is 1. The standard InChI is InChI=1S/C30H29ClF6N8O2/c1-14-8-21(39)40-26(23(14)30(35,36)37)22-20(31)10-19-25(24(22)34)41-29(47-13-18-9-16(33)11-43(18)3)42-27(19)44-6-7-45(28(46)15(2)32)17(12-44)4-5-38/h8,10,16-18H,2,4,6-7,9,11-13H2,1,3H3,(H2,39,40)/t16-,17?,18+/m1/s1. The first-order chi connectivity index (χ1) is 22.1. The monoisotopic (exact) mass is 682 g/mol. The van der Waals surface area contributed by atoms with Crippen molar-refractivity contribution in [3.05, 3.63) is 46.5 Å². The summed E-state index contributed by atoms with van der Waals surface area (Å²) in [7, 11) is 1.70. The van der Waals surface area contributed by atoms with E-state index in [4.69, 9.17) is 22.1 Å². The zero-order chi connectivity index (χ0) is 34.4. The van der Waals surface area contributed by atoms with Crippen molar-refractivity contribution in [3.8, 4) is 23.3 Å². The Bertz CT molecular complexity index is 1780. The summed E-state index contributed by atoms with van der Waals surface area (Å²) in [5, 5.41) is 8.94. The number of piperazine rings is 1. The second-order valence-corrected chi connectivity index (χ2v) is 11.9. The van der Waals surface area contributed by atoms with Gasteiger partial charge in [0.1, 0.15) is 29.9 Å². The molecule has 2 N–H and O–H groups in total. The summed E-state index contributed by atoms with van der Waals surface area (Å²) in [5.41, 5.74) is 2.23. The summed E-state index contributed by atoms with van der Waals surface area (Å²) in [6.07, 6.45) is -6.06. The lowest BCUT2D eigenvalue weighted by Gasteiger charge is -2.41. The van der Waals surface area contributed by atoms with E-state index in [0.29, 0.717) is 0 Å². The third-order valence-corrected chi connectivity index (χ3v) is 8.54. The summed E-state index contributed by atoms with van der Waals surface area (Å²) in [5.74, 6) is -3.73. The fraction of sp³-hybridized carbons (Fsp3) is 0.433. The SMILES string of the molecule is C=C(F)C(=O)N1CCN(c2nc(OC[C@@H]3C[C@@H](F)CN3C)nc3c(F)c(-c4nc(N)cc(C)c4C(F)(F)F)c(Cl)cc23)CC1CC#N. The first-order valence-electron chi connectivity index (χ1n) is 14.4. The lowest BCUT2D eigenvalue weighted by Crippen LogP contribution is -2.55. The smallest absolute Gasteiger partial charge is 0.418 e. The molecule has 2 fully saturated rings. The molecule has 3 aromatic rings. The van der Waals surface area contributed by atoms with Gasteiger partial charge >= 0.3 is 12.2 Å². The molecule has 47 heavy (non-hydrogen) atoms. The van der Waals surface area contributed by atoms with Crippen molar-refractivity contribution in [2.45, 2.75) is 44.2 Å². The topological polar surface area (TPSA) is 124 Å². The Hall–Kier alpha value is -4.36. The van der Waals surface area contributed by atoms with Gasteiger partial charge in [0.05, 0.1) is 40.4 Å². The Labute approximate surface area is 270 Å². The van der Waals surface area contributed by atoms with Crippen LogP contribution < -0.4 is 15.4 Å². The maximum Gasteiger partial charge on any atom is 0.418 e. The fourth-order valence-electron chi connectivity index (χ4n) is 6.05. The van der Waals surface area contributed by atoms with Crippen molar-refractivity contribution in [2.24, 2.45) is 0 Å². The molecule has 0 spiro atoms. The quantitative estimate of drug-likeness (QED) is 0.264. The van der Waals surface area contributed by atoms with Crippen LogP contribution in [0.3, 0.4) is 0 Å². The van der Waals surface area contributed by atoms with Gasteiger partial charge in [-0.05, 0) is 38.1 Å². The molecule has 0 saturated carbocycles. The van der Waals surface area contributed by atoms with Gasteiger partial charge in [-0.3, -0.25) is 9.69 Å². The number of halogens is 7. The molecule has 3 atom stereocenters. The van der Waals surface area contributed by atoms with E-state index < -0.39 is 63.3 Å². The lowest BCUT2D eigenvalue weighted by molar-refractivity contribution is -0.137. The number of amides is 1. The number of nitriles is 1. The largest absolute Gasteiger partial charge is 0.462 e. The number of benzene rings is 1. The Balaban J connectivity index is 1.67. The highest BCUT2D eigenvalue weighted by Gasteiger charge is 2.39. The van der Waals surface area contributed by atoms with Gasteiger partial charge in [-0.15, -0.1) is 0 Å². The minimum absolute atomic E-state index is 0.0232. The third kappa shape index (κ3) is 6.72. The molecule has 1 amide bonds. The minimum Gasteiger partial charge on any atom is -0.462 e. The van der Waals surface area contributed by atoms with Crippen molar-refractivity contribution in [2.75, 3.05) is 50.5 Å². The van der Waals surface area contributed by atoms with Crippen molar-refractivity contribution < 1.29 is 35.9 Å². The number of rotatable bonds is 7. The minimum atomic E-state index is -4.95. The Morgan fingerprint density at radius 2 is 1.94 bits per heavy atom. The molecule has 1 unspecified atom stereocenters. The van der Waals surface area contributed by atoms with Crippen LogP contribution in [0, 0.1) is 24.1 Å². The zero-order valence-electron chi connectivity index (χ0n) is 25.2. The number of hydrogen-bond acceptors (Lipinski definition) is 9. The third-order valence-electron chi connectivity index (χ3n) is 8.24. The van der Waals surface area contributed by atoms with E-state index in [2.05, 4.69) is 21.5 Å². The number of carbonyl (C=O) groups excluding carboxylic acids is 1. The highest BCUT2D eigenvalue weighted by molar-refractivity contribution is 6.34. The van der Waals surface area contributed by atoms with Crippen molar-refractivity contribution in [3.63, 3.8) is 0 Å². The normalized spacial score (nSPS) is 20.5. The maximum atomic E-state index is 16.6. The fourth-order valence-corrected chi connectivity index (χ4v) is 6.33. The number of aryl methyl sites for hydroxylation is 1. The number of pyridine rings is 1. The van der Waals surface area contributed by atoms with Gasteiger partial charge < -0.3 is 20.3 Å². The first kappa shape index (κ1) is 34.0. The van der Waals surface area contributed by atoms with Crippen LogP contribution in [0.4, 0.5) is 38.0 Å². The van der Waals surface area contributed by atoms with Crippen molar-refractivity contribution >= 4 is 40.0 Å². The number of alkyl halides is 4. The summed E-state index contributed by atoms with van der Waals surface area (Å²) in [6, 6.07) is 2.59. The van der Waals surface area contributed by atoms with Crippen LogP contribution in [0.5, 0.6) is 6.01 Å². The molecule has 250 valence electrons.